The number of carbonyl (C=O) groups is 2. The molecule has 3 fully saturated rings. The fourth-order valence-corrected chi connectivity index (χ4v) is 4.27. The Balaban J connectivity index is 1.42. The molecule has 3 aliphatic rings. The normalized spacial score (nSPS) is 26.9. The van der Waals surface area contributed by atoms with Crippen molar-refractivity contribution < 1.29 is 14.3 Å². The van der Waals surface area contributed by atoms with Crippen LogP contribution in [-0.4, -0.2) is 51.5 Å². The van der Waals surface area contributed by atoms with Crippen LogP contribution in [0.5, 0.6) is 0 Å². The third kappa shape index (κ3) is 2.85. The van der Waals surface area contributed by atoms with Gasteiger partial charge in [-0.15, -0.1) is 0 Å². The Labute approximate surface area is 141 Å². The van der Waals surface area contributed by atoms with Crippen molar-refractivity contribution in [2.75, 3.05) is 6.54 Å². The molecule has 0 radical (unpaired) electrons. The summed E-state index contributed by atoms with van der Waals surface area (Å²) in [5.74, 6) is 0.118. The highest BCUT2D eigenvalue weighted by Crippen LogP contribution is 2.34. The Morgan fingerprint density at radius 3 is 2.83 bits per heavy atom. The highest BCUT2D eigenvalue weighted by atomic mass is 16.6. The first-order valence-corrected chi connectivity index (χ1v) is 8.88. The van der Waals surface area contributed by atoms with Gasteiger partial charge in [0.2, 0.25) is 5.91 Å². The number of aromatic nitrogens is 1. The lowest BCUT2D eigenvalue weighted by Crippen LogP contribution is -2.40. The molecular weight excluding hydrogens is 306 g/mol. The number of rotatable bonds is 3. The van der Waals surface area contributed by atoms with Crippen molar-refractivity contribution in [1.82, 2.24) is 14.8 Å². The van der Waals surface area contributed by atoms with Gasteiger partial charge in [-0.3, -0.25) is 9.78 Å². The number of likely N-dealkylation sites (tertiary alicyclic amines) is 2. The van der Waals surface area contributed by atoms with Gasteiger partial charge < -0.3 is 14.5 Å². The Morgan fingerprint density at radius 1 is 1.25 bits per heavy atom. The Kier molecular flexibility index (Phi) is 4.12. The lowest BCUT2D eigenvalue weighted by atomic mass is 10.1. The molecule has 1 aromatic rings. The number of hydrogen-bond acceptors (Lipinski definition) is 4. The molecule has 1 aliphatic carbocycles. The van der Waals surface area contributed by atoms with E-state index in [9.17, 15) is 9.59 Å². The van der Waals surface area contributed by atoms with Gasteiger partial charge in [0.15, 0.2) is 0 Å². The maximum Gasteiger partial charge on any atom is 0.410 e. The van der Waals surface area contributed by atoms with E-state index < -0.39 is 0 Å². The average molecular weight is 329 g/mol. The number of ether oxygens (including phenoxy) is 1. The summed E-state index contributed by atoms with van der Waals surface area (Å²) in [5, 5.41) is 0. The first kappa shape index (κ1) is 15.4. The minimum Gasteiger partial charge on any atom is -0.446 e. The first-order chi connectivity index (χ1) is 11.7. The number of carbonyl (C=O) groups excluding carboxylic acids is 2. The summed E-state index contributed by atoms with van der Waals surface area (Å²) in [4.78, 5) is 32.7. The van der Waals surface area contributed by atoms with Crippen LogP contribution in [0.25, 0.3) is 0 Å². The zero-order valence-corrected chi connectivity index (χ0v) is 13.8. The molecule has 1 saturated carbocycles. The van der Waals surface area contributed by atoms with Gasteiger partial charge in [0.25, 0.3) is 0 Å². The van der Waals surface area contributed by atoms with Gasteiger partial charge >= 0.3 is 6.09 Å². The van der Waals surface area contributed by atoms with Crippen molar-refractivity contribution in [2.45, 2.75) is 63.3 Å². The van der Waals surface area contributed by atoms with Gasteiger partial charge in [0, 0.05) is 31.9 Å². The van der Waals surface area contributed by atoms with Crippen LogP contribution in [-0.2, 0) is 16.1 Å². The zero-order chi connectivity index (χ0) is 16.5. The number of amides is 2. The maximum absolute atomic E-state index is 12.5. The molecule has 2 saturated heterocycles. The molecule has 0 spiro atoms. The van der Waals surface area contributed by atoms with E-state index in [1.807, 2.05) is 17.0 Å². The summed E-state index contributed by atoms with van der Waals surface area (Å²) >= 11 is 0. The van der Waals surface area contributed by atoms with Crippen molar-refractivity contribution in [3.05, 3.63) is 30.1 Å². The molecule has 2 aliphatic heterocycles. The van der Waals surface area contributed by atoms with Crippen molar-refractivity contribution in [3.8, 4) is 0 Å². The van der Waals surface area contributed by atoms with E-state index in [0.717, 1.165) is 37.7 Å². The van der Waals surface area contributed by atoms with Crippen LogP contribution in [0.1, 0.15) is 44.1 Å². The maximum atomic E-state index is 12.5. The van der Waals surface area contributed by atoms with Gasteiger partial charge in [-0.05, 0) is 43.7 Å². The van der Waals surface area contributed by atoms with Crippen LogP contribution in [0.4, 0.5) is 4.79 Å². The number of nitrogens with zero attached hydrogens (tertiary/aromatic N) is 3. The standard InChI is InChI=1S/C18H23N3O3/c22-17-10-16-15(21(17)12-13-4-3-8-19-11-13)7-9-20(16)18(23)24-14-5-1-2-6-14/h3-4,8,11,14-16H,1-2,5-7,9-10,12H2/t15-,16-/m0/s1. The molecular formula is C18H23N3O3. The second-order valence-corrected chi connectivity index (χ2v) is 6.99. The number of pyridine rings is 1. The molecule has 0 bridgehead atoms. The van der Waals surface area contributed by atoms with E-state index in [-0.39, 0.29) is 30.2 Å². The molecule has 6 nitrogen and oxygen atoms in total. The Hall–Kier alpha value is -2.11. The van der Waals surface area contributed by atoms with Gasteiger partial charge in [0.05, 0.1) is 12.1 Å². The molecule has 1 aromatic heterocycles. The van der Waals surface area contributed by atoms with Crippen LogP contribution >= 0.6 is 0 Å². The minimum atomic E-state index is -0.231. The summed E-state index contributed by atoms with van der Waals surface area (Å²) in [6.45, 7) is 1.25. The predicted molar refractivity (Wildman–Crippen MR) is 87.0 cm³/mol. The molecule has 24 heavy (non-hydrogen) atoms. The largest absolute Gasteiger partial charge is 0.446 e. The van der Waals surface area contributed by atoms with Crippen LogP contribution in [0.3, 0.4) is 0 Å². The molecule has 0 unspecified atom stereocenters. The van der Waals surface area contributed by atoms with E-state index >= 15 is 0 Å². The van der Waals surface area contributed by atoms with Crippen LogP contribution < -0.4 is 0 Å². The monoisotopic (exact) mass is 329 g/mol. The van der Waals surface area contributed by atoms with Gasteiger partial charge in [0.1, 0.15) is 6.10 Å². The Bertz CT molecular complexity index is 615. The summed E-state index contributed by atoms with van der Waals surface area (Å²) in [5.41, 5.74) is 1.03. The van der Waals surface area contributed by atoms with Crippen LogP contribution in [0.2, 0.25) is 0 Å². The van der Waals surface area contributed by atoms with E-state index in [0.29, 0.717) is 19.5 Å². The van der Waals surface area contributed by atoms with Gasteiger partial charge in [-0.1, -0.05) is 6.07 Å². The van der Waals surface area contributed by atoms with Crippen molar-refractivity contribution in [1.29, 1.82) is 0 Å². The molecule has 4 rings (SSSR count). The van der Waals surface area contributed by atoms with E-state index in [2.05, 4.69) is 4.98 Å². The molecule has 0 aromatic carbocycles. The van der Waals surface area contributed by atoms with Crippen molar-refractivity contribution in [2.24, 2.45) is 0 Å². The van der Waals surface area contributed by atoms with E-state index in [1.54, 1.807) is 17.3 Å². The molecule has 2 atom stereocenters. The predicted octanol–water partition coefficient (Wildman–Crippen LogP) is 2.34. The number of hydrogen-bond donors (Lipinski definition) is 0. The zero-order valence-electron chi connectivity index (χ0n) is 13.8. The van der Waals surface area contributed by atoms with Crippen LogP contribution in [0, 0.1) is 0 Å². The van der Waals surface area contributed by atoms with E-state index in [4.69, 9.17) is 4.74 Å². The smallest absolute Gasteiger partial charge is 0.410 e. The Morgan fingerprint density at radius 2 is 2.08 bits per heavy atom. The fourth-order valence-electron chi connectivity index (χ4n) is 4.27. The quantitative estimate of drug-likeness (QED) is 0.854. The summed E-state index contributed by atoms with van der Waals surface area (Å²) < 4.78 is 5.64. The lowest BCUT2D eigenvalue weighted by Gasteiger charge is -2.26. The second-order valence-electron chi connectivity index (χ2n) is 6.99. The summed E-state index contributed by atoms with van der Waals surface area (Å²) in [6, 6.07) is 3.93. The first-order valence-electron chi connectivity index (χ1n) is 8.88. The third-order valence-electron chi connectivity index (χ3n) is 5.49. The molecule has 3 heterocycles. The average Bonchev–Trinajstić information content (AvgIpc) is 3.28. The lowest BCUT2D eigenvalue weighted by molar-refractivity contribution is -0.129. The third-order valence-corrected chi connectivity index (χ3v) is 5.49. The fraction of sp³-hybridized carbons (Fsp3) is 0.611. The summed E-state index contributed by atoms with van der Waals surface area (Å²) in [7, 11) is 0. The van der Waals surface area contributed by atoms with Crippen LogP contribution in [0.15, 0.2) is 24.5 Å². The second kappa shape index (κ2) is 6.42. The SMILES string of the molecule is O=C1C[C@H]2[C@H](CCN2C(=O)OC2CCCC2)N1Cc1cccnc1. The topological polar surface area (TPSA) is 62.7 Å². The molecule has 128 valence electrons. The minimum absolute atomic E-state index is 0.0388. The van der Waals surface area contributed by atoms with Gasteiger partial charge in [-0.25, -0.2) is 4.79 Å². The highest BCUT2D eigenvalue weighted by Gasteiger charge is 2.49. The van der Waals surface area contributed by atoms with E-state index in [1.165, 1.54) is 0 Å². The highest BCUT2D eigenvalue weighted by molar-refractivity contribution is 5.82. The van der Waals surface area contributed by atoms with Gasteiger partial charge in [-0.2, -0.15) is 0 Å². The van der Waals surface area contributed by atoms with Crippen molar-refractivity contribution in [3.63, 3.8) is 0 Å². The molecule has 2 amide bonds. The van der Waals surface area contributed by atoms with Crippen molar-refractivity contribution >= 4 is 12.0 Å². The summed E-state index contributed by atoms with van der Waals surface area (Å²) in [6.07, 6.45) is 8.82. The molecule has 0 N–H and O–H groups in total. The number of fused-ring (bicyclic) bond motifs is 1. The molecule has 6 heteroatoms.